The Labute approximate surface area is 95.7 Å². The number of halogens is 3. The average Bonchev–Trinajstić information content (AvgIpc) is 2.14. The Hall–Kier alpha value is -1.63. The van der Waals surface area contributed by atoms with E-state index in [0.29, 0.717) is 0 Å². The van der Waals surface area contributed by atoms with E-state index in [9.17, 15) is 18.0 Å². The molecule has 1 aromatic heterocycles. The molecule has 0 bridgehead atoms. The van der Waals surface area contributed by atoms with Gasteiger partial charge in [-0.25, -0.2) is 9.78 Å². The highest BCUT2D eigenvalue weighted by Gasteiger charge is 2.29. The Balaban J connectivity index is 2.68. The summed E-state index contributed by atoms with van der Waals surface area (Å²) in [6, 6.07) is 4.22. The van der Waals surface area contributed by atoms with Crippen molar-refractivity contribution in [3.63, 3.8) is 0 Å². The van der Waals surface area contributed by atoms with Gasteiger partial charge in [0.25, 0.3) is 0 Å². The van der Waals surface area contributed by atoms with Gasteiger partial charge in [0.05, 0.1) is 12.2 Å². The van der Waals surface area contributed by atoms with Crippen LogP contribution in [0.15, 0.2) is 18.2 Å². The number of aromatic carboxylic acids is 1. The van der Waals surface area contributed by atoms with E-state index < -0.39 is 18.7 Å². The van der Waals surface area contributed by atoms with Crippen LogP contribution in [0.3, 0.4) is 0 Å². The summed E-state index contributed by atoms with van der Waals surface area (Å²) >= 11 is 0. The van der Waals surface area contributed by atoms with E-state index in [2.05, 4.69) is 4.98 Å². The van der Waals surface area contributed by atoms with Crippen molar-refractivity contribution < 1.29 is 23.1 Å². The predicted molar refractivity (Wildman–Crippen MR) is 53.6 cm³/mol. The third-order valence-electron chi connectivity index (χ3n) is 1.91. The quantitative estimate of drug-likeness (QED) is 0.882. The molecule has 4 nitrogen and oxygen atoms in total. The van der Waals surface area contributed by atoms with Crippen molar-refractivity contribution in [2.24, 2.45) is 0 Å². The van der Waals surface area contributed by atoms with Crippen LogP contribution < -0.4 is 0 Å². The molecule has 1 rings (SSSR count). The highest BCUT2D eigenvalue weighted by atomic mass is 19.4. The van der Waals surface area contributed by atoms with Crippen LogP contribution in [0.25, 0.3) is 0 Å². The molecule has 94 valence electrons. The van der Waals surface area contributed by atoms with E-state index in [4.69, 9.17) is 5.11 Å². The van der Waals surface area contributed by atoms with Crippen LogP contribution >= 0.6 is 0 Å². The van der Waals surface area contributed by atoms with Gasteiger partial charge in [-0.1, -0.05) is 6.07 Å². The van der Waals surface area contributed by atoms with Crippen LogP contribution in [0.2, 0.25) is 0 Å². The molecule has 0 unspecified atom stereocenters. The first kappa shape index (κ1) is 13.4. The molecular weight excluding hydrogens is 237 g/mol. The van der Waals surface area contributed by atoms with E-state index in [0.717, 1.165) is 4.90 Å². The molecule has 7 heteroatoms. The third kappa shape index (κ3) is 4.81. The summed E-state index contributed by atoms with van der Waals surface area (Å²) in [4.78, 5) is 15.4. The summed E-state index contributed by atoms with van der Waals surface area (Å²) in [6.07, 6.45) is -4.28. The molecule has 0 atom stereocenters. The fraction of sp³-hybridized carbons (Fsp3) is 0.400. The smallest absolute Gasteiger partial charge is 0.401 e. The Morgan fingerprint density at radius 3 is 2.65 bits per heavy atom. The van der Waals surface area contributed by atoms with Crippen molar-refractivity contribution in [1.82, 2.24) is 9.88 Å². The number of rotatable bonds is 4. The zero-order valence-corrected chi connectivity index (χ0v) is 9.03. The Kier molecular flexibility index (Phi) is 4.06. The van der Waals surface area contributed by atoms with E-state index in [1.165, 1.54) is 25.2 Å². The summed E-state index contributed by atoms with van der Waals surface area (Å²) in [6.45, 7) is -1.12. The topological polar surface area (TPSA) is 53.4 Å². The van der Waals surface area contributed by atoms with Gasteiger partial charge in [0.15, 0.2) is 0 Å². The second-order valence-corrected chi connectivity index (χ2v) is 3.61. The van der Waals surface area contributed by atoms with Gasteiger partial charge in [0.2, 0.25) is 0 Å². The minimum Gasteiger partial charge on any atom is -0.477 e. The first-order chi connectivity index (χ1) is 7.78. The molecule has 0 amide bonds. The number of hydrogen-bond donors (Lipinski definition) is 1. The number of carbonyl (C=O) groups is 1. The number of pyridine rings is 1. The predicted octanol–water partition coefficient (Wildman–Crippen LogP) is 1.77. The van der Waals surface area contributed by atoms with Gasteiger partial charge in [0.1, 0.15) is 5.69 Å². The zero-order valence-electron chi connectivity index (χ0n) is 9.03. The lowest BCUT2D eigenvalue weighted by molar-refractivity contribution is -0.144. The fourth-order valence-electron chi connectivity index (χ4n) is 1.33. The van der Waals surface area contributed by atoms with Gasteiger partial charge >= 0.3 is 12.1 Å². The average molecular weight is 248 g/mol. The van der Waals surface area contributed by atoms with Crippen molar-refractivity contribution in [2.75, 3.05) is 13.6 Å². The minimum atomic E-state index is -4.28. The van der Waals surface area contributed by atoms with Gasteiger partial charge in [-0.15, -0.1) is 0 Å². The summed E-state index contributed by atoms with van der Waals surface area (Å²) in [5, 5.41) is 8.67. The number of hydrogen-bond acceptors (Lipinski definition) is 3. The molecule has 17 heavy (non-hydrogen) atoms. The van der Waals surface area contributed by atoms with Crippen LogP contribution in [0, 0.1) is 0 Å². The van der Waals surface area contributed by atoms with Crippen molar-refractivity contribution in [3.8, 4) is 0 Å². The van der Waals surface area contributed by atoms with Gasteiger partial charge in [0, 0.05) is 6.54 Å². The molecule has 0 spiro atoms. The standard InChI is InChI=1S/C10H11F3N2O2/c1-15(6-10(11,12)13)5-7-3-2-4-8(14-7)9(16)17/h2-4H,5-6H2,1H3,(H,16,17). The molecule has 0 saturated carbocycles. The SMILES string of the molecule is CN(Cc1cccc(C(=O)O)n1)CC(F)(F)F. The van der Waals surface area contributed by atoms with Crippen LogP contribution in [-0.2, 0) is 6.54 Å². The van der Waals surface area contributed by atoms with E-state index in [1.807, 2.05) is 0 Å². The first-order valence-electron chi connectivity index (χ1n) is 4.72. The monoisotopic (exact) mass is 248 g/mol. The molecule has 0 saturated heterocycles. The highest BCUT2D eigenvalue weighted by Crippen LogP contribution is 2.16. The van der Waals surface area contributed by atoms with Crippen molar-refractivity contribution in [2.45, 2.75) is 12.7 Å². The normalized spacial score (nSPS) is 11.8. The number of aromatic nitrogens is 1. The molecule has 0 aliphatic rings. The summed E-state index contributed by atoms with van der Waals surface area (Å²) in [7, 11) is 1.29. The number of alkyl halides is 3. The van der Waals surface area contributed by atoms with Crippen molar-refractivity contribution >= 4 is 5.97 Å². The number of nitrogens with zero attached hydrogens (tertiary/aromatic N) is 2. The maximum Gasteiger partial charge on any atom is 0.401 e. The van der Waals surface area contributed by atoms with Gasteiger partial charge in [-0.3, -0.25) is 4.90 Å². The first-order valence-corrected chi connectivity index (χ1v) is 4.72. The molecule has 1 N–H and O–H groups in total. The van der Waals surface area contributed by atoms with Crippen LogP contribution in [0.4, 0.5) is 13.2 Å². The van der Waals surface area contributed by atoms with Gasteiger partial charge < -0.3 is 5.11 Å². The van der Waals surface area contributed by atoms with Crippen molar-refractivity contribution in [1.29, 1.82) is 0 Å². The summed E-state index contributed by atoms with van der Waals surface area (Å²) in [5.41, 5.74) is 0.111. The number of carboxylic acids is 1. The third-order valence-corrected chi connectivity index (χ3v) is 1.91. The van der Waals surface area contributed by atoms with E-state index >= 15 is 0 Å². The van der Waals surface area contributed by atoms with Crippen LogP contribution in [0.1, 0.15) is 16.2 Å². The minimum absolute atomic E-state index is 0.0549. The van der Waals surface area contributed by atoms with Gasteiger partial charge in [-0.05, 0) is 19.2 Å². The lowest BCUT2D eigenvalue weighted by Gasteiger charge is -2.17. The number of carboxylic acid groups (broad SMARTS) is 1. The molecule has 0 aliphatic carbocycles. The van der Waals surface area contributed by atoms with Crippen LogP contribution in [-0.4, -0.2) is 40.7 Å². The lowest BCUT2D eigenvalue weighted by Crippen LogP contribution is -2.30. The maximum atomic E-state index is 12.1. The highest BCUT2D eigenvalue weighted by molar-refractivity contribution is 5.85. The molecule has 0 aliphatic heterocycles. The second-order valence-electron chi connectivity index (χ2n) is 3.61. The van der Waals surface area contributed by atoms with Crippen molar-refractivity contribution in [3.05, 3.63) is 29.6 Å². The van der Waals surface area contributed by atoms with Crippen LogP contribution in [0.5, 0.6) is 0 Å². The molecule has 0 radical (unpaired) electrons. The molecule has 1 aromatic rings. The van der Waals surface area contributed by atoms with Gasteiger partial charge in [-0.2, -0.15) is 13.2 Å². The molecule has 1 heterocycles. The largest absolute Gasteiger partial charge is 0.477 e. The van der Waals surface area contributed by atoms with E-state index in [-0.39, 0.29) is 17.9 Å². The fourth-order valence-corrected chi connectivity index (χ4v) is 1.33. The Morgan fingerprint density at radius 1 is 1.47 bits per heavy atom. The summed E-state index contributed by atoms with van der Waals surface area (Å²) < 4.78 is 36.2. The summed E-state index contributed by atoms with van der Waals surface area (Å²) in [5.74, 6) is -1.20. The maximum absolute atomic E-state index is 12.1. The molecule has 0 fully saturated rings. The molecular formula is C10H11F3N2O2. The Bertz CT molecular complexity index is 407. The molecule has 0 aromatic carbocycles. The van der Waals surface area contributed by atoms with E-state index in [1.54, 1.807) is 0 Å². The lowest BCUT2D eigenvalue weighted by atomic mass is 10.3. The second kappa shape index (κ2) is 5.13. The zero-order chi connectivity index (χ0) is 13.1. The Morgan fingerprint density at radius 2 is 2.12 bits per heavy atom.